The Bertz CT molecular complexity index is 262. The molecule has 0 fully saturated rings. The maximum atomic E-state index is 8.42. The van der Waals surface area contributed by atoms with Gasteiger partial charge in [-0.1, -0.05) is 0 Å². The predicted octanol–water partition coefficient (Wildman–Crippen LogP) is 0.995. The molecule has 0 aliphatic heterocycles. The van der Waals surface area contributed by atoms with E-state index in [1.54, 1.807) is 25.4 Å². The maximum Gasteiger partial charge on any atom is 0.142 e. The smallest absolute Gasteiger partial charge is 0.142 e. The molecule has 10 heavy (non-hydrogen) atoms. The van der Waals surface area contributed by atoms with Crippen LogP contribution in [0.15, 0.2) is 18.3 Å². The minimum atomic E-state index is 0.437. The van der Waals surface area contributed by atoms with Crippen molar-refractivity contribution in [3.63, 3.8) is 0 Å². The van der Waals surface area contributed by atoms with Gasteiger partial charge in [0.2, 0.25) is 0 Å². The Kier molecular flexibility index (Phi) is 1.86. The Labute approximate surface area is 59.3 Å². The van der Waals surface area contributed by atoms with E-state index in [1.165, 1.54) is 0 Å². The molecule has 0 aromatic carbocycles. The van der Waals surface area contributed by atoms with E-state index in [1.807, 2.05) is 6.07 Å². The van der Waals surface area contributed by atoms with Crippen LogP contribution in [0.2, 0.25) is 0 Å². The molecular formula is C7H7N3. The SMILES string of the molecule is CNc1ccnc(C#N)c1. The predicted molar refractivity (Wildman–Crippen MR) is 38.5 cm³/mol. The highest BCUT2D eigenvalue weighted by Gasteiger charge is 1.90. The fourth-order valence-electron chi connectivity index (χ4n) is 0.647. The summed E-state index contributed by atoms with van der Waals surface area (Å²) in [5, 5.41) is 11.3. The summed E-state index contributed by atoms with van der Waals surface area (Å²) in [6, 6.07) is 5.45. The molecule has 0 amide bonds. The van der Waals surface area contributed by atoms with E-state index in [2.05, 4.69) is 10.3 Å². The number of anilines is 1. The van der Waals surface area contributed by atoms with Gasteiger partial charge in [0.05, 0.1) is 0 Å². The quantitative estimate of drug-likeness (QED) is 0.621. The van der Waals surface area contributed by atoms with Crippen molar-refractivity contribution in [2.45, 2.75) is 0 Å². The third-order valence-electron chi connectivity index (χ3n) is 1.16. The fraction of sp³-hybridized carbons (Fsp3) is 0.143. The summed E-state index contributed by atoms with van der Waals surface area (Å²) in [7, 11) is 1.80. The first-order chi connectivity index (χ1) is 4.86. The van der Waals surface area contributed by atoms with Gasteiger partial charge >= 0.3 is 0 Å². The van der Waals surface area contributed by atoms with Crippen molar-refractivity contribution in [1.29, 1.82) is 5.26 Å². The van der Waals surface area contributed by atoms with E-state index >= 15 is 0 Å². The Balaban J connectivity index is 3.01. The van der Waals surface area contributed by atoms with Crippen molar-refractivity contribution >= 4 is 5.69 Å². The van der Waals surface area contributed by atoms with Gasteiger partial charge in [-0.3, -0.25) is 0 Å². The lowest BCUT2D eigenvalue weighted by Gasteiger charge is -1.96. The minimum absolute atomic E-state index is 0.437. The highest BCUT2D eigenvalue weighted by Crippen LogP contribution is 2.04. The number of nitriles is 1. The highest BCUT2D eigenvalue weighted by atomic mass is 14.8. The lowest BCUT2D eigenvalue weighted by Crippen LogP contribution is -1.89. The zero-order valence-electron chi connectivity index (χ0n) is 5.63. The van der Waals surface area contributed by atoms with Gasteiger partial charge in [0.1, 0.15) is 11.8 Å². The molecule has 0 saturated carbocycles. The van der Waals surface area contributed by atoms with Crippen molar-refractivity contribution < 1.29 is 0 Å². The number of rotatable bonds is 1. The van der Waals surface area contributed by atoms with Gasteiger partial charge < -0.3 is 5.32 Å². The number of hydrogen-bond acceptors (Lipinski definition) is 3. The monoisotopic (exact) mass is 133 g/mol. The summed E-state index contributed by atoms with van der Waals surface area (Å²) in [6.07, 6.45) is 1.60. The second-order valence-electron chi connectivity index (χ2n) is 1.79. The molecule has 3 nitrogen and oxygen atoms in total. The molecule has 1 aromatic rings. The summed E-state index contributed by atoms with van der Waals surface area (Å²) in [4.78, 5) is 3.80. The highest BCUT2D eigenvalue weighted by molar-refractivity contribution is 5.44. The molecule has 0 aliphatic rings. The molecular weight excluding hydrogens is 126 g/mol. The Hall–Kier alpha value is -1.56. The number of nitrogens with one attached hydrogen (secondary N) is 1. The molecule has 3 heteroatoms. The molecule has 0 saturated heterocycles. The third-order valence-corrected chi connectivity index (χ3v) is 1.16. The van der Waals surface area contributed by atoms with E-state index < -0.39 is 0 Å². The number of aromatic nitrogens is 1. The van der Waals surface area contributed by atoms with Crippen LogP contribution in [0.3, 0.4) is 0 Å². The summed E-state index contributed by atoms with van der Waals surface area (Å²) in [6.45, 7) is 0. The van der Waals surface area contributed by atoms with Gasteiger partial charge in [0.15, 0.2) is 0 Å². The average molecular weight is 133 g/mol. The second kappa shape index (κ2) is 2.83. The van der Waals surface area contributed by atoms with Crippen LogP contribution in [0, 0.1) is 11.3 Å². The van der Waals surface area contributed by atoms with Crippen LogP contribution in [0.5, 0.6) is 0 Å². The molecule has 1 rings (SSSR count). The van der Waals surface area contributed by atoms with Crippen molar-refractivity contribution in [3.8, 4) is 6.07 Å². The lowest BCUT2D eigenvalue weighted by atomic mass is 10.3. The first-order valence-electron chi connectivity index (χ1n) is 2.90. The first kappa shape index (κ1) is 6.56. The van der Waals surface area contributed by atoms with Crippen molar-refractivity contribution in [1.82, 2.24) is 4.98 Å². The lowest BCUT2D eigenvalue weighted by molar-refractivity contribution is 1.26. The van der Waals surface area contributed by atoms with Crippen molar-refractivity contribution in [2.75, 3.05) is 12.4 Å². The van der Waals surface area contributed by atoms with Crippen molar-refractivity contribution in [2.24, 2.45) is 0 Å². The maximum absolute atomic E-state index is 8.42. The van der Waals surface area contributed by atoms with Crippen LogP contribution < -0.4 is 5.32 Å². The summed E-state index contributed by atoms with van der Waals surface area (Å²) in [5.74, 6) is 0. The molecule has 0 radical (unpaired) electrons. The van der Waals surface area contributed by atoms with Crippen LogP contribution in [0.25, 0.3) is 0 Å². The third kappa shape index (κ3) is 1.23. The first-order valence-corrected chi connectivity index (χ1v) is 2.90. The summed E-state index contributed by atoms with van der Waals surface area (Å²) >= 11 is 0. The van der Waals surface area contributed by atoms with Gasteiger partial charge in [-0.15, -0.1) is 0 Å². The van der Waals surface area contributed by atoms with Gasteiger partial charge in [0, 0.05) is 18.9 Å². The van der Waals surface area contributed by atoms with Gasteiger partial charge in [-0.25, -0.2) is 4.98 Å². The number of pyridine rings is 1. The number of hydrogen-bond donors (Lipinski definition) is 1. The van der Waals surface area contributed by atoms with Crippen LogP contribution in [0.1, 0.15) is 5.69 Å². The zero-order valence-corrected chi connectivity index (χ0v) is 5.63. The molecule has 50 valence electrons. The molecule has 0 atom stereocenters. The van der Waals surface area contributed by atoms with E-state index in [9.17, 15) is 0 Å². The average Bonchev–Trinajstić information content (AvgIpc) is 2.05. The Morgan fingerprint density at radius 2 is 2.50 bits per heavy atom. The second-order valence-corrected chi connectivity index (χ2v) is 1.79. The topological polar surface area (TPSA) is 48.7 Å². The fourth-order valence-corrected chi connectivity index (χ4v) is 0.647. The molecule has 1 N–H and O–H groups in total. The zero-order chi connectivity index (χ0) is 7.40. The molecule has 0 unspecified atom stereocenters. The minimum Gasteiger partial charge on any atom is -0.388 e. The number of nitrogens with zero attached hydrogens (tertiary/aromatic N) is 2. The van der Waals surface area contributed by atoms with E-state index in [0.717, 1.165) is 5.69 Å². The van der Waals surface area contributed by atoms with E-state index in [0.29, 0.717) is 5.69 Å². The summed E-state index contributed by atoms with van der Waals surface area (Å²) in [5.41, 5.74) is 1.35. The van der Waals surface area contributed by atoms with Crippen LogP contribution in [-0.4, -0.2) is 12.0 Å². The molecule has 0 aliphatic carbocycles. The normalized spacial score (nSPS) is 8.40. The van der Waals surface area contributed by atoms with Crippen LogP contribution >= 0.6 is 0 Å². The van der Waals surface area contributed by atoms with Crippen LogP contribution in [0.4, 0.5) is 5.69 Å². The Morgan fingerprint density at radius 1 is 1.70 bits per heavy atom. The van der Waals surface area contributed by atoms with Gasteiger partial charge in [-0.2, -0.15) is 5.26 Å². The summed E-state index contributed by atoms with van der Waals surface area (Å²) < 4.78 is 0. The molecule has 1 heterocycles. The van der Waals surface area contributed by atoms with Crippen LogP contribution in [-0.2, 0) is 0 Å². The van der Waals surface area contributed by atoms with E-state index in [-0.39, 0.29) is 0 Å². The van der Waals surface area contributed by atoms with Gasteiger partial charge in [0.25, 0.3) is 0 Å². The molecule has 1 aromatic heterocycles. The largest absolute Gasteiger partial charge is 0.388 e. The standard InChI is InChI=1S/C7H7N3/c1-9-6-2-3-10-7(4-6)5-8/h2-4H,1H3,(H,9,10). The molecule has 0 spiro atoms. The van der Waals surface area contributed by atoms with Crippen molar-refractivity contribution in [3.05, 3.63) is 24.0 Å². The van der Waals surface area contributed by atoms with E-state index in [4.69, 9.17) is 5.26 Å². The van der Waals surface area contributed by atoms with Gasteiger partial charge in [-0.05, 0) is 12.1 Å². The molecule has 0 bridgehead atoms. The Morgan fingerprint density at radius 3 is 3.10 bits per heavy atom.